The molecule has 100 valence electrons. The molecule has 0 N–H and O–H groups in total. The summed E-state index contributed by atoms with van der Waals surface area (Å²) in [5, 5.41) is 0. The molecule has 0 saturated heterocycles. The molecule has 0 spiro atoms. The minimum Gasteiger partial charge on any atom is -0.261 e. The van der Waals surface area contributed by atoms with Crippen LogP contribution in [0.1, 0.15) is 22.4 Å². The molecule has 2 rings (SSSR count). The van der Waals surface area contributed by atoms with Gasteiger partial charge in [0, 0.05) is 11.9 Å². The highest BCUT2D eigenvalue weighted by molar-refractivity contribution is 5.25. The van der Waals surface area contributed by atoms with Crippen molar-refractivity contribution in [1.82, 2.24) is 4.98 Å². The lowest BCUT2D eigenvalue weighted by molar-refractivity contribution is -0.137. The van der Waals surface area contributed by atoms with Crippen LogP contribution in [0.15, 0.2) is 42.6 Å². The van der Waals surface area contributed by atoms with Gasteiger partial charge in [0.25, 0.3) is 0 Å². The highest BCUT2D eigenvalue weighted by atomic mass is 19.4. The predicted octanol–water partition coefficient (Wildman–Crippen LogP) is 4.19. The van der Waals surface area contributed by atoms with Crippen LogP contribution in [0.5, 0.6) is 0 Å². The van der Waals surface area contributed by atoms with Crippen LogP contribution in [-0.4, -0.2) is 4.98 Å². The smallest absolute Gasteiger partial charge is 0.261 e. The zero-order chi connectivity index (χ0) is 13.9. The molecule has 19 heavy (non-hydrogen) atoms. The fraction of sp³-hybridized carbons (Fsp3) is 0.267. The van der Waals surface area contributed by atoms with E-state index in [2.05, 4.69) is 4.98 Å². The summed E-state index contributed by atoms with van der Waals surface area (Å²) in [4.78, 5) is 4.27. The van der Waals surface area contributed by atoms with Crippen molar-refractivity contribution in [1.29, 1.82) is 0 Å². The zero-order valence-electron chi connectivity index (χ0n) is 10.5. The van der Waals surface area contributed by atoms with Crippen molar-refractivity contribution < 1.29 is 13.2 Å². The molecule has 1 heterocycles. The fourth-order valence-corrected chi connectivity index (χ4v) is 1.78. The van der Waals surface area contributed by atoms with Crippen LogP contribution in [0.2, 0.25) is 0 Å². The van der Waals surface area contributed by atoms with E-state index in [-0.39, 0.29) is 0 Å². The van der Waals surface area contributed by atoms with Crippen LogP contribution in [0.3, 0.4) is 0 Å². The summed E-state index contributed by atoms with van der Waals surface area (Å²) in [6.45, 7) is 1.96. The molecule has 0 fully saturated rings. The van der Waals surface area contributed by atoms with Crippen LogP contribution in [0.25, 0.3) is 0 Å². The molecular weight excluding hydrogens is 251 g/mol. The van der Waals surface area contributed by atoms with Gasteiger partial charge in [-0.25, -0.2) is 0 Å². The quantitative estimate of drug-likeness (QED) is 0.810. The van der Waals surface area contributed by atoms with Gasteiger partial charge < -0.3 is 0 Å². The topological polar surface area (TPSA) is 12.9 Å². The zero-order valence-corrected chi connectivity index (χ0v) is 10.5. The van der Waals surface area contributed by atoms with E-state index in [0.29, 0.717) is 6.42 Å². The minimum atomic E-state index is -4.27. The van der Waals surface area contributed by atoms with Crippen molar-refractivity contribution in [3.8, 4) is 0 Å². The molecule has 1 aromatic heterocycles. The maximum atomic E-state index is 12.4. The third-order valence-corrected chi connectivity index (χ3v) is 2.92. The van der Waals surface area contributed by atoms with Crippen molar-refractivity contribution in [2.24, 2.45) is 0 Å². The van der Waals surface area contributed by atoms with Gasteiger partial charge in [-0.2, -0.15) is 13.2 Å². The molecule has 0 unspecified atom stereocenters. The van der Waals surface area contributed by atoms with E-state index in [0.717, 1.165) is 35.4 Å². The summed E-state index contributed by atoms with van der Waals surface area (Å²) in [5.74, 6) is 0. The predicted molar refractivity (Wildman–Crippen MR) is 67.8 cm³/mol. The Bertz CT molecular complexity index is 527. The van der Waals surface area contributed by atoms with E-state index in [1.165, 1.54) is 12.1 Å². The number of hydrogen-bond donors (Lipinski definition) is 0. The van der Waals surface area contributed by atoms with Gasteiger partial charge in [0.05, 0.1) is 5.56 Å². The van der Waals surface area contributed by atoms with Crippen LogP contribution in [-0.2, 0) is 19.0 Å². The second-order valence-corrected chi connectivity index (χ2v) is 4.52. The van der Waals surface area contributed by atoms with Gasteiger partial charge in [-0.1, -0.05) is 18.2 Å². The number of halogens is 3. The standard InChI is InChI=1S/C15H14F3N/c1-11-2-8-14(19-10-11)9-5-12-3-6-13(7-4-12)15(16,17)18/h2-4,6-8,10H,5,9H2,1H3. The van der Waals surface area contributed by atoms with Crippen molar-refractivity contribution in [3.63, 3.8) is 0 Å². The number of aryl methyl sites for hydroxylation is 3. The molecule has 0 aliphatic rings. The summed E-state index contributed by atoms with van der Waals surface area (Å²) < 4.78 is 37.2. The molecule has 0 bridgehead atoms. The van der Waals surface area contributed by atoms with Gasteiger partial charge >= 0.3 is 6.18 Å². The lowest BCUT2D eigenvalue weighted by atomic mass is 10.1. The lowest BCUT2D eigenvalue weighted by Crippen LogP contribution is -2.04. The monoisotopic (exact) mass is 265 g/mol. The number of alkyl halides is 3. The molecule has 4 heteroatoms. The number of aromatic nitrogens is 1. The Balaban J connectivity index is 1.98. The van der Waals surface area contributed by atoms with E-state index in [9.17, 15) is 13.2 Å². The molecule has 1 aromatic carbocycles. The Kier molecular flexibility index (Phi) is 3.88. The number of nitrogens with zero attached hydrogens (tertiary/aromatic N) is 1. The molecule has 2 aromatic rings. The second kappa shape index (κ2) is 5.43. The molecular formula is C15H14F3N. The third-order valence-electron chi connectivity index (χ3n) is 2.92. The van der Waals surface area contributed by atoms with Crippen molar-refractivity contribution in [2.75, 3.05) is 0 Å². The largest absolute Gasteiger partial charge is 0.416 e. The average molecular weight is 265 g/mol. The first-order valence-corrected chi connectivity index (χ1v) is 6.03. The number of pyridine rings is 1. The molecule has 0 aliphatic carbocycles. The SMILES string of the molecule is Cc1ccc(CCc2ccc(C(F)(F)F)cc2)nc1. The van der Waals surface area contributed by atoms with E-state index >= 15 is 0 Å². The summed E-state index contributed by atoms with van der Waals surface area (Å²) >= 11 is 0. The van der Waals surface area contributed by atoms with Crippen LogP contribution in [0, 0.1) is 6.92 Å². The Hall–Kier alpha value is -1.84. The summed E-state index contributed by atoms with van der Waals surface area (Å²) in [5.41, 5.74) is 2.32. The maximum Gasteiger partial charge on any atom is 0.416 e. The molecule has 0 radical (unpaired) electrons. The van der Waals surface area contributed by atoms with Gasteiger partial charge in [0.15, 0.2) is 0 Å². The lowest BCUT2D eigenvalue weighted by Gasteiger charge is -2.07. The first-order valence-electron chi connectivity index (χ1n) is 6.03. The minimum absolute atomic E-state index is 0.607. The summed E-state index contributed by atoms with van der Waals surface area (Å²) in [7, 11) is 0. The van der Waals surface area contributed by atoms with Crippen molar-refractivity contribution in [3.05, 3.63) is 65.0 Å². The summed E-state index contributed by atoms with van der Waals surface area (Å²) in [6.07, 6.45) is -1.06. The normalized spacial score (nSPS) is 11.6. The average Bonchev–Trinajstić information content (AvgIpc) is 2.37. The summed E-state index contributed by atoms with van der Waals surface area (Å²) in [6, 6.07) is 9.22. The molecule has 0 atom stereocenters. The Morgan fingerprint density at radius 3 is 2.16 bits per heavy atom. The van der Waals surface area contributed by atoms with Crippen molar-refractivity contribution >= 4 is 0 Å². The van der Waals surface area contributed by atoms with Gasteiger partial charge in [-0.3, -0.25) is 4.98 Å². The molecule has 1 nitrogen and oxygen atoms in total. The molecule has 0 saturated carbocycles. The first-order chi connectivity index (χ1) is 8.95. The Morgan fingerprint density at radius 2 is 1.63 bits per heavy atom. The van der Waals surface area contributed by atoms with Crippen LogP contribution in [0.4, 0.5) is 13.2 Å². The van der Waals surface area contributed by atoms with Gasteiger partial charge in [-0.05, 0) is 49.1 Å². The van der Waals surface area contributed by atoms with E-state index in [4.69, 9.17) is 0 Å². The number of rotatable bonds is 3. The van der Waals surface area contributed by atoms with E-state index in [1.807, 2.05) is 19.1 Å². The van der Waals surface area contributed by atoms with Gasteiger partial charge in [-0.15, -0.1) is 0 Å². The van der Waals surface area contributed by atoms with Gasteiger partial charge in [0.1, 0.15) is 0 Å². The second-order valence-electron chi connectivity index (χ2n) is 4.52. The maximum absolute atomic E-state index is 12.4. The molecule has 0 amide bonds. The Morgan fingerprint density at radius 1 is 0.947 bits per heavy atom. The first kappa shape index (κ1) is 13.6. The number of hydrogen-bond acceptors (Lipinski definition) is 1. The van der Waals surface area contributed by atoms with E-state index < -0.39 is 11.7 Å². The highest BCUT2D eigenvalue weighted by Gasteiger charge is 2.29. The highest BCUT2D eigenvalue weighted by Crippen LogP contribution is 2.29. The van der Waals surface area contributed by atoms with E-state index in [1.54, 1.807) is 6.20 Å². The van der Waals surface area contributed by atoms with Crippen molar-refractivity contribution in [2.45, 2.75) is 25.9 Å². The molecule has 0 aliphatic heterocycles. The van der Waals surface area contributed by atoms with Crippen LogP contribution < -0.4 is 0 Å². The van der Waals surface area contributed by atoms with Gasteiger partial charge in [0.2, 0.25) is 0 Å². The van der Waals surface area contributed by atoms with Crippen LogP contribution >= 0.6 is 0 Å². The Labute approximate surface area is 110 Å². The fourth-order valence-electron chi connectivity index (χ4n) is 1.78. The third kappa shape index (κ3) is 3.81. The number of benzene rings is 1.